The van der Waals surface area contributed by atoms with E-state index in [9.17, 15) is 18.5 Å². The first-order valence-electron chi connectivity index (χ1n) is 10.2. The van der Waals surface area contributed by atoms with Crippen LogP contribution in [0, 0.1) is 17.0 Å². The lowest BCUT2D eigenvalue weighted by molar-refractivity contribution is -0.385. The number of para-hydroxylation sites is 1. The zero-order valence-corrected chi connectivity index (χ0v) is 20.5. The molecule has 12 heteroatoms. The van der Waals surface area contributed by atoms with Crippen molar-refractivity contribution >= 4 is 43.6 Å². The summed E-state index contributed by atoms with van der Waals surface area (Å²) in [6, 6.07) is 16.1. The van der Waals surface area contributed by atoms with Crippen LogP contribution in [-0.2, 0) is 17.2 Å². The molecule has 4 aromatic rings. The average molecular weight is 513 g/mol. The molecule has 180 valence electrons. The molecule has 0 unspecified atom stereocenters. The van der Waals surface area contributed by atoms with Gasteiger partial charge in [-0.1, -0.05) is 29.5 Å². The molecule has 1 heterocycles. The summed E-state index contributed by atoms with van der Waals surface area (Å²) in [5, 5.41) is 19.6. The van der Waals surface area contributed by atoms with Gasteiger partial charge in [-0.05, 0) is 48.9 Å². The lowest BCUT2D eigenvalue weighted by Crippen LogP contribution is -2.11. The fraction of sp³-hybridized carbons (Fsp3) is 0.130. The molecule has 0 aliphatic carbocycles. The Morgan fingerprint density at radius 1 is 1.09 bits per heavy atom. The summed E-state index contributed by atoms with van der Waals surface area (Å²) in [6.45, 7) is 1.52. The number of fused-ring (bicyclic) bond motifs is 1. The Morgan fingerprint density at radius 2 is 1.86 bits per heavy atom. The van der Waals surface area contributed by atoms with E-state index in [1.807, 2.05) is 35.9 Å². The SMILES string of the molecule is COc1cc(C=NN=c2sc3ccccc3n2C)ccc1OS(=O)(=O)c1ccc(C)c([N+](=O)[O-])c1. The highest BCUT2D eigenvalue weighted by atomic mass is 32.2. The molecule has 0 spiro atoms. The van der Waals surface area contributed by atoms with Gasteiger partial charge >= 0.3 is 10.1 Å². The van der Waals surface area contributed by atoms with Crippen molar-refractivity contribution in [2.45, 2.75) is 11.8 Å². The Kier molecular flexibility index (Phi) is 6.67. The first kappa shape index (κ1) is 24.1. The summed E-state index contributed by atoms with van der Waals surface area (Å²) in [4.78, 5) is 10.9. The van der Waals surface area contributed by atoms with Gasteiger partial charge in [0.1, 0.15) is 4.90 Å². The van der Waals surface area contributed by atoms with Crippen molar-refractivity contribution in [1.29, 1.82) is 0 Å². The number of aromatic nitrogens is 1. The molecule has 0 amide bonds. The molecule has 0 atom stereocenters. The van der Waals surface area contributed by atoms with E-state index in [1.54, 1.807) is 12.1 Å². The summed E-state index contributed by atoms with van der Waals surface area (Å²) in [6.07, 6.45) is 1.51. The van der Waals surface area contributed by atoms with Crippen LogP contribution in [0.15, 0.2) is 75.8 Å². The maximum absolute atomic E-state index is 12.7. The lowest BCUT2D eigenvalue weighted by Gasteiger charge is -2.11. The van der Waals surface area contributed by atoms with Crippen LogP contribution in [-0.4, -0.2) is 31.2 Å². The van der Waals surface area contributed by atoms with Crippen LogP contribution >= 0.6 is 11.3 Å². The van der Waals surface area contributed by atoms with Crippen LogP contribution in [0.1, 0.15) is 11.1 Å². The van der Waals surface area contributed by atoms with Crippen LogP contribution in [0.4, 0.5) is 5.69 Å². The van der Waals surface area contributed by atoms with E-state index in [1.165, 1.54) is 49.8 Å². The van der Waals surface area contributed by atoms with Gasteiger partial charge in [0.2, 0.25) is 4.80 Å². The highest BCUT2D eigenvalue weighted by molar-refractivity contribution is 7.87. The van der Waals surface area contributed by atoms with Crippen molar-refractivity contribution in [3.8, 4) is 11.5 Å². The van der Waals surface area contributed by atoms with E-state index in [2.05, 4.69) is 10.2 Å². The number of nitro groups is 1. The highest BCUT2D eigenvalue weighted by Gasteiger charge is 2.23. The first-order valence-corrected chi connectivity index (χ1v) is 12.4. The molecule has 0 aliphatic heterocycles. The minimum atomic E-state index is -4.34. The lowest BCUT2D eigenvalue weighted by atomic mass is 10.2. The van der Waals surface area contributed by atoms with Gasteiger partial charge in [0.05, 0.1) is 28.5 Å². The Hall–Kier alpha value is -4.03. The van der Waals surface area contributed by atoms with Gasteiger partial charge in [-0.3, -0.25) is 10.1 Å². The largest absolute Gasteiger partial charge is 0.493 e. The third-order valence-electron chi connectivity index (χ3n) is 5.12. The number of benzene rings is 3. The molecule has 10 nitrogen and oxygen atoms in total. The second-order valence-electron chi connectivity index (χ2n) is 7.41. The average Bonchev–Trinajstić information content (AvgIpc) is 3.15. The maximum Gasteiger partial charge on any atom is 0.339 e. The number of methoxy groups -OCH3 is 1. The van der Waals surface area contributed by atoms with Gasteiger partial charge in [0.25, 0.3) is 5.69 Å². The Balaban J connectivity index is 1.59. The zero-order valence-electron chi connectivity index (χ0n) is 18.9. The highest BCUT2D eigenvalue weighted by Crippen LogP contribution is 2.31. The number of rotatable bonds is 7. The van der Waals surface area contributed by atoms with Crippen LogP contribution in [0.3, 0.4) is 0 Å². The maximum atomic E-state index is 12.7. The molecular formula is C23H20N4O6S2. The molecule has 0 fully saturated rings. The third kappa shape index (κ3) is 5.08. The van der Waals surface area contributed by atoms with E-state index < -0.39 is 15.0 Å². The quantitative estimate of drug-likeness (QED) is 0.158. The summed E-state index contributed by atoms with van der Waals surface area (Å²) in [5.74, 6) is 0.0762. The number of ether oxygens (including phenoxy) is 1. The molecule has 0 saturated carbocycles. The number of hydrogen-bond acceptors (Lipinski definition) is 9. The molecule has 0 bridgehead atoms. The normalized spacial score (nSPS) is 12.4. The number of thiazole rings is 1. The van der Waals surface area contributed by atoms with Crippen LogP contribution in [0.5, 0.6) is 11.5 Å². The first-order chi connectivity index (χ1) is 16.7. The van der Waals surface area contributed by atoms with E-state index in [0.717, 1.165) is 16.3 Å². The van der Waals surface area contributed by atoms with Crippen molar-refractivity contribution in [1.82, 2.24) is 4.57 Å². The van der Waals surface area contributed by atoms with Crippen LogP contribution in [0.25, 0.3) is 10.2 Å². The van der Waals surface area contributed by atoms with Gasteiger partial charge in [-0.25, -0.2) is 0 Å². The smallest absolute Gasteiger partial charge is 0.339 e. The second kappa shape index (κ2) is 9.68. The van der Waals surface area contributed by atoms with E-state index in [0.29, 0.717) is 15.9 Å². The van der Waals surface area contributed by atoms with Crippen molar-refractivity contribution in [3.05, 3.63) is 86.7 Å². The molecule has 4 rings (SSSR count). The molecule has 0 saturated heterocycles. The summed E-state index contributed by atoms with van der Waals surface area (Å²) >= 11 is 1.51. The number of aryl methyl sites for hydroxylation is 2. The van der Waals surface area contributed by atoms with E-state index in [4.69, 9.17) is 8.92 Å². The number of nitrogens with zero attached hydrogens (tertiary/aromatic N) is 4. The second-order valence-corrected chi connectivity index (χ2v) is 9.96. The Bertz CT molecular complexity index is 1640. The Labute approximate surface area is 204 Å². The van der Waals surface area contributed by atoms with Gasteiger partial charge in [0.15, 0.2) is 11.5 Å². The van der Waals surface area contributed by atoms with E-state index in [-0.39, 0.29) is 22.1 Å². The van der Waals surface area contributed by atoms with Gasteiger partial charge < -0.3 is 13.5 Å². The topological polar surface area (TPSA) is 125 Å². The molecule has 0 N–H and O–H groups in total. The summed E-state index contributed by atoms with van der Waals surface area (Å²) in [7, 11) is -1.06. The fourth-order valence-corrected chi connectivity index (χ4v) is 5.20. The summed E-state index contributed by atoms with van der Waals surface area (Å²) < 4.78 is 39.0. The zero-order chi connectivity index (χ0) is 25.2. The molecule has 3 aromatic carbocycles. The molecule has 0 radical (unpaired) electrons. The van der Waals surface area contributed by atoms with Crippen molar-refractivity contribution in [2.75, 3.05) is 7.11 Å². The summed E-state index contributed by atoms with van der Waals surface area (Å²) in [5.41, 5.74) is 1.67. The van der Waals surface area contributed by atoms with Gasteiger partial charge in [-0.15, -0.1) is 5.10 Å². The predicted octanol–water partition coefficient (Wildman–Crippen LogP) is 4.17. The van der Waals surface area contributed by atoms with Gasteiger partial charge in [-0.2, -0.15) is 13.5 Å². The molecule has 35 heavy (non-hydrogen) atoms. The number of nitro benzene ring substituents is 1. The third-order valence-corrected chi connectivity index (χ3v) is 7.45. The number of hydrogen-bond donors (Lipinski definition) is 0. The predicted molar refractivity (Wildman–Crippen MR) is 133 cm³/mol. The molecule has 0 aliphatic rings. The van der Waals surface area contributed by atoms with Crippen molar-refractivity contribution < 1.29 is 22.3 Å². The minimum absolute atomic E-state index is 0.0688. The van der Waals surface area contributed by atoms with Crippen molar-refractivity contribution in [2.24, 2.45) is 17.3 Å². The fourth-order valence-electron chi connectivity index (χ4n) is 3.26. The van der Waals surface area contributed by atoms with E-state index >= 15 is 0 Å². The van der Waals surface area contributed by atoms with Gasteiger partial charge in [0, 0.05) is 18.7 Å². The van der Waals surface area contributed by atoms with Crippen LogP contribution < -0.4 is 13.7 Å². The minimum Gasteiger partial charge on any atom is -0.493 e. The van der Waals surface area contributed by atoms with Crippen molar-refractivity contribution in [3.63, 3.8) is 0 Å². The molecule has 1 aromatic heterocycles. The monoisotopic (exact) mass is 512 g/mol. The Morgan fingerprint density at radius 3 is 2.57 bits per heavy atom. The standard InChI is InChI=1S/C23H20N4O6S2/c1-15-8-10-17(13-19(15)27(28)29)35(30,31)33-20-11-9-16(12-21(20)32-3)14-24-25-23-26(2)18-6-4-5-7-22(18)34-23/h4-14H,1-3H3. The van der Waals surface area contributed by atoms with Crippen LogP contribution in [0.2, 0.25) is 0 Å². The molecular weight excluding hydrogens is 492 g/mol.